The molecular weight excluding hydrogens is 223 g/mol. The van der Waals surface area contributed by atoms with E-state index in [2.05, 4.69) is 48.6 Å². The molecule has 0 saturated heterocycles. The molecule has 1 heteroatoms. The molecule has 0 spiro atoms. The molecule has 0 nitrogen and oxygen atoms in total. The van der Waals surface area contributed by atoms with Gasteiger partial charge in [-0.3, -0.25) is 0 Å². The lowest BCUT2D eigenvalue weighted by Gasteiger charge is -2.12. The number of hydrogen-bond donors (Lipinski definition) is 0. The van der Waals surface area contributed by atoms with Gasteiger partial charge in [0.25, 0.3) is 0 Å². The molecule has 0 bridgehead atoms. The predicted molar refractivity (Wildman–Crippen MR) is 49.9 cm³/mol. The molecule has 0 fully saturated rings. The van der Waals surface area contributed by atoms with E-state index in [1.54, 1.807) is 0 Å². The van der Waals surface area contributed by atoms with E-state index < -0.39 is 0 Å². The highest BCUT2D eigenvalue weighted by Crippen LogP contribution is 2.22. The zero-order valence-corrected chi connectivity index (χ0v) is 7.97. The monoisotopic (exact) mass is 234 g/mol. The van der Waals surface area contributed by atoms with Gasteiger partial charge in [-0.15, -0.1) is 0 Å². The highest BCUT2D eigenvalue weighted by atomic mass is 127. The zero-order valence-electron chi connectivity index (χ0n) is 5.82. The van der Waals surface area contributed by atoms with Crippen molar-refractivity contribution in [3.05, 3.63) is 23.3 Å². The van der Waals surface area contributed by atoms with Gasteiger partial charge in [-0.2, -0.15) is 0 Å². The van der Waals surface area contributed by atoms with Crippen LogP contribution in [0, 0.1) is 0 Å². The summed E-state index contributed by atoms with van der Waals surface area (Å²) in [5, 5.41) is 0. The molecule has 1 atom stereocenters. The Balaban J connectivity index is 2.75. The Morgan fingerprint density at radius 1 is 1.56 bits per heavy atom. The lowest BCUT2D eigenvalue weighted by Crippen LogP contribution is -1.99. The SMILES string of the molecule is CC1=C(C)C[C@H](I)C=C1. The van der Waals surface area contributed by atoms with Crippen molar-refractivity contribution in [3.63, 3.8) is 0 Å². The molecule has 0 unspecified atom stereocenters. The lowest BCUT2D eigenvalue weighted by molar-refractivity contribution is 0.980. The fraction of sp³-hybridized carbons (Fsp3) is 0.500. The van der Waals surface area contributed by atoms with Crippen LogP contribution in [0.15, 0.2) is 23.3 Å². The minimum Gasteiger partial charge on any atom is -0.0777 e. The van der Waals surface area contributed by atoms with Crippen molar-refractivity contribution in [2.24, 2.45) is 0 Å². The third kappa shape index (κ3) is 1.81. The number of alkyl halides is 1. The van der Waals surface area contributed by atoms with E-state index in [1.807, 2.05) is 0 Å². The van der Waals surface area contributed by atoms with E-state index >= 15 is 0 Å². The molecule has 1 rings (SSSR count). The summed E-state index contributed by atoms with van der Waals surface area (Å²) in [4.78, 5) is 0. The maximum absolute atomic E-state index is 2.46. The van der Waals surface area contributed by atoms with Crippen molar-refractivity contribution in [3.8, 4) is 0 Å². The molecule has 0 aromatic rings. The Labute approximate surface area is 70.2 Å². The van der Waals surface area contributed by atoms with Gasteiger partial charge in [-0.1, -0.05) is 45.9 Å². The normalized spacial score (nSPS) is 27.2. The second kappa shape index (κ2) is 2.86. The van der Waals surface area contributed by atoms with Crippen LogP contribution < -0.4 is 0 Å². The first-order chi connectivity index (χ1) is 4.20. The van der Waals surface area contributed by atoms with E-state index in [0.29, 0.717) is 0 Å². The maximum atomic E-state index is 2.46. The van der Waals surface area contributed by atoms with Gasteiger partial charge in [0.15, 0.2) is 0 Å². The van der Waals surface area contributed by atoms with Gasteiger partial charge in [-0.05, 0) is 20.3 Å². The van der Waals surface area contributed by atoms with Crippen LogP contribution in [0.5, 0.6) is 0 Å². The van der Waals surface area contributed by atoms with Crippen LogP contribution in [-0.4, -0.2) is 3.92 Å². The van der Waals surface area contributed by atoms with Crippen LogP contribution in [0.2, 0.25) is 0 Å². The van der Waals surface area contributed by atoms with Gasteiger partial charge >= 0.3 is 0 Å². The number of hydrogen-bond acceptors (Lipinski definition) is 0. The molecular formula is C8H11I. The molecule has 0 aromatic heterocycles. The second-order valence-corrected chi connectivity index (χ2v) is 4.14. The standard InChI is InChI=1S/C8H11I/c1-6-3-4-8(9)5-7(6)2/h3-4,8H,5H2,1-2H3/t8-/m1/s1. The number of halogens is 1. The summed E-state index contributed by atoms with van der Waals surface area (Å²) in [7, 11) is 0. The molecule has 0 amide bonds. The Hall–Kier alpha value is 0.210. The molecule has 9 heavy (non-hydrogen) atoms. The van der Waals surface area contributed by atoms with Crippen LogP contribution in [0.1, 0.15) is 20.3 Å². The van der Waals surface area contributed by atoms with Crippen LogP contribution in [0.3, 0.4) is 0 Å². The third-order valence-corrected chi connectivity index (χ3v) is 2.59. The van der Waals surface area contributed by atoms with Crippen LogP contribution >= 0.6 is 22.6 Å². The Morgan fingerprint density at radius 2 is 2.22 bits per heavy atom. The molecule has 0 heterocycles. The predicted octanol–water partition coefficient (Wildman–Crippen LogP) is 3.09. The Morgan fingerprint density at radius 3 is 2.67 bits per heavy atom. The van der Waals surface area contributed by atoms with Gasteiger partial charge < -0.3 is 0 Å². The quantitative estimate of drug-likeness (QED) is 0.446. The van der Waals surface area contributed by atoms with E-state index in [0.717, 1.165) is 3.92 Å². The summed E-state index contributed by atoms with van der Waals surface area (Å²) < 4.78 is 0.728. The van der Waals surface area contributed by atoms with Gasteiger partial charge in [-0.25, -0.2) is 0 Å². The number of allylic oxidation sites excluding steroid dienone is 4. The summed E-state index contributed by atoms with van der Waals surface area (Å²) in [5.41, 5.74) is 2.99. The van der Waals surface area contributed by atoms with Crippen molar-refractivity contribution < 1.29 is 0 Å². The molecule has 0 saturated carbocycles. The largest absolute Gasteiger partial charge is 0.0777 e. The first-order valence-corrected chi connectivity index (χ1v) is 4.43. The van der Waals surface area contributed by atoms with E-state index in [9.17, 15) is 0 Å². The molecule has 1 aliphatic rings. The summed E-state index contributed by atoms with van der Waals surface area (Å²) in [6.45, 7) is 4.39. The second-order valence-electron chi connectivity index (χ2n) is 2.54. The highest BCUT2D eigenvalue weighted by molar-refractivity contribution is 14.1. The van der Waals surface area contributed by atoms with E-state index in [1.165, 1.54) is 17.6 Å². The van der Waals surface area contributed by atoms with Gasteiger partial charge in [0.05, 0.1) is 0 Å². The first-order valence-electron chi connectivity index (χ1n) is 3.19. The Kier molecular flexibility index (Phi) is 2.33. The highest BCUT2D eigenvalue weighted by Gasteiger charge is 2.06. The Bertz CT molecular complexity index is 165. The fourth-order valence-corrected chi connectivity index (χ4v) is 1.78. The molecule has 0 N–H and O–H groups in total. The minimum atomic E-state index is 0.728. The molecule has 0 aromatic carbocycles. The maximum Gasteiger partial charge on any atom is 0.0329 e. The summed E-state index contributed by atoms with van der Waals surface area (Å²) >= 11 is 2.46. The number of rotatable bonds is 0. The molecule has 1 aliphatic carbocycles. The molecule has 0 radical (unpaired) electrons. The lowest BCUT2D eigenvalue weighted by atomic mass is 10.0. The molecule has 50 valence electrons. The first kappa shape index (κ1) is 7.32. The van der Waals surface area contributed by atoms with Crippen LogP contribution in [-0.2, 0) is 0 Å². The summed E-state index contributed by atoms with van der Waals surface area (Å²) in [6.07, 6.45) is 5.72. The minimum absolute atomic E-state index is 0.728. The van der Waals surface area contributed by atoms with Crippen LogP contribution in [0.25, 0.3) is 0 Å². The van der Waals surface area contributed by atoms with Gasteiger partial charge in [0.1, 0.15) is 0 Å². The van der Waals surface area contributed by atoms with Gasteiger partial charge in [0, 0.05) is 3.92 Å². The van der Waals surface area contributed by atoms with E-state index in [-0.39, 0.29) is 0 Å². The van der Waals surface area contributed by atoms with Crippen molar-refractivity contribution in [1.29, 1.82) is 0 Å². The zero-order chi connectivity index (χ0) is 6.85. The van der Waals surface area contributed by atoms with Crippen LogP contribution in [0.4, 0.5) is 0 Å². The third-order valence-electron chi connectivity index (χ3n) is 1.73. The average Bonchev–Trinajstić information content (AvgIpc) is 1.80. The topological polar surface area (TPSA) is 0 Å². The van der Waals surface area contributed by atoms with Gasteiger partial charge in [0.2, 0.25) is 0 Å². The van der Waals surface area contributed by atoms with Crippen molar-refractivity contribution in [2.45, 2.75) is 24.2 Å². The van der Waals surface area contributed by atoms with Crippen molar-refractivity contribution >= 4 is 22.6 Å². The smallest absolute Gasteiger partial charge is 0.0329 e. The fourth-order valence-electron chi connectivity index (χ4n) is 0.913. The summed E-state index contributed by atoms with van der Waals surface area (Å²) in [6, 6.07) is 0. The summed E-state index contributed by atoms with van der Waals surface area (Å²) in [5.74, 6) is 0. The molecule has 0 aliphatic heterocycles. The van der Waals surface area contributed by atoms with Crippen molar-refractivity contribution in [1.82, 2.24) is 0 Å². The van der Waals surface area contributed by atoms with E-state index in [4.69, 9.17) is 0 Å². The van der Waals surface area contributed by atoms with Crippen molar-refractivity contribution in [2.75, 3.05) is 0 Å². The average molecular weight is 234 g/mol.